The Morgan fingerprint density at radius 2 is 2.00 bits per heavy atom. The van der Waals surface area contributed by atoms with Gasteiger partial charge in [-0.2, -0.15) is 0 Å². The molecule has 0 spiro atoms. The first-order valence-electron chi connectivity index (χ1n) is 11.3. The summed E-state index contributed by atoms with van der Waals surface area (Å²) in [6.07, 6.45) is 3.22. The van der Waals surface area contributed by atoms with Gasteiger partial charge in [0.1, 0.15) is 5.82 Å². The summed E-state index contributed by atoms with van der Waals surface area (Å²) in [5.41, 5.74) is 0.980. The Hall–Kier alpha value is -1.74. The average Bonchev–Trinajstić information content (AvgIpc) is 2.81. The predicted octanol–water partition coefficient (Wildman–Crippen LogP) is 2.29. The van der Waals surface area contributed by atoms with E-state index in [4.69, 9.17) is 14.2 Å². The molecule has 0 aromatic heterocycles. The van der Waals surface area contributed by atoms with E-state index >= 15 is 0 Å². The van der Waals surface area contributed by atoms with E-state index in [0.717, 1.165) is 70.2 Å². The van der Waals surface area contributed by atoms with Crippen molar-refractivity contribution in [1.82, 2.24) is 15.1 Å². The molecule has 1 atom stereocenters. The molecule has 8 heteroatoms. The monoisotopic (exact) mass is 436 g/mol. The summed E-state index contributed by atoms with van der Waals surface area (Å²) in [6.45, 7) is 7.08. The van der Waals surface area contributed by atoms with Crippen molar-refractivity contribution in [2.24, 2.45) is 4.99 Å². The number of halogens is 1. The van der Waals surface area contributed by atoms with E-state index in [1.807, 2.05) is 13.1 Å². The third-order valence-electron chi connectivity index (χ3n) is 5.97. The number of hydrogen-bond acceptors (Lipinski definition) is 5. The molecule has 2 fully saturated rings. The molecule has 31 heavy (non-hydrogen) atoms. The van der Waals surface area contributed by atoms with Gasteiger partial charge in [-0.3, -0.25) is 9.89 Å². The van der Waals surface area contributed by atoms with Gasteiger partial charge in [-0.05, 0) is 37.0 Å². The lowest BCUT2D eigenvalue weighted by atomic mass is 10.0. The maximum atomic E-state index is 13.9. The van der Waals surface area contributed by atoms with Gasteiger partial charge in [0.15, 0.2) is 5.96 Å². The average molecular weight is 437 g/mol. The standard InChI is InChI=1S/C23H37FN4O3/c1-25-23(28-9-7-21(8-10-28)31-14-4-13-29-2)26-18-22(27-11-15-30-16-12-27)19-5-3-6-20(24)17-19/h3,5-6,17,21-22H,4,7-16,18H2,1-2H3,(H,25,26). The number of rotatable bonds is 9. The van der Waals surface area contributed by atoms with E-state index in [2.05, 4.69) is 20.1 Å². The first kappa shape index (κ1) is 23.9. The lowest BCUT2D eigenvalue weighted by Gasteiger charge is -2.37. The van der Waals surface area contributed by atoms with Crippen LogP contribution >= 0.6 is 0 Å². The molecule has 2 aliphatic rings. The van der Waals surface area contributed by atoms with Gasteiger partial charge in [0.05, 0.1) is 25.4 Å². The second-order valence-electron chi connectivity index (χ2n) is 8.05. The van der Waals surface area contributed by atoms with Crippen LogP contribution < -0.4 is 5.32 Å². The Bertz CT molecular complexity index is 677. The number of nitrogens with one attached hydrogen (secondary N) is 1. The maximum absolute atomic E-state index is 13.9. The first-order chi connectivity index (χ1) is 15.2. The summed E-state index contributed by atoms with van der Waals surface area (Å²) in [6, 6.07) is 6.98. The second kappa shape index (κ2) is 13.0. The van der Waals surface area contributed by atoms with Crippen molar-refractivity contribution in [3.8, 4) is 0 Å². The molecule has 0 aliphatic carbocycles. The van der Waals surface area contributed by atoms with Gasteiger partial charge in [0.2, 0.25) is 0 Å². The minimum absolute atomic E-state index is 0.0676. The number of benzene rings is 1. The van der Waals surface area contributed by atoms with Crippen LogP contribution in [0.25, 0.3) is 0 Å². The molecule has 1 N–H and O–H groups in total. The van der Waals surface area contributed by atoms with Crippen molar-refractivity contribution in [2.75, 3.05) is 73.3 Å². The van der Waals surface area contributed by atoms with Crippen molar-refractivity contribution in [2.45, 2.75) is 31.4 Å². The van der Waals surface area contributed by atoms with Crippen LogP contribution in [0.2, 0.25) is 0 Å². The Kier molecular flexibility index (Phi) is 9.99. The van der Waals surface area contributed by atoms with Gasteiger partial charge < -0.3 is 24.4 Å². The van der Waals surface area contributed by atoms with Crippen LogP contribution in [0.4, 0.5) is 4.39 Å². The number of piperidine rings is 1. The highest BCUT2D eigenvalue weighted by molar-refractivity contribution is 5.80. The fourth-order valence-electron chi connectivity index (χ4n) is 4.27. The molecule has 0 radical (unpaired) electrons. The van der Waals surface area contributed by atoms with Gasteiger partial charge in [0.25, 0.3) is 0 Å². The van der Waals surface area contributed by atoms with Crippen LogP contribution in [0.3, 0.4) is 0 Å². The highest BCUT2D eigenvalue weighted by Gasteiger charge is 2.26. The Balaban J connectivity index is 1.54. The van der Waals surface area contributed by atoms with E-state index in [0.29, 0.717) is 25.9 Å². The number of likely N-dealkylation sites (tertiary alicyclic amines) is 1. The van der Waals surface area contributed by atoms with Crippen LogP contribution in [0, 0.1) is 5.82 Å². The van der Waals surface area contributed by atoms with Crippen molar-refractivity contribution in [1.29, 1.82) is 0 Å². The first-order valence-corrected chi connectivity index (χ1v) is 11.3. The van der Waals surface area contributed by atoms with Crippen LogP contribution in [0.15, 0.2) is 29.3 Å². The quantitative estimate of drug-likeness (QED) is 0.364. The normalized spacial score (nSPS) is 20.1. The number of aliphatic imine (C=N–C) groups is 1. The van der Waals surface area contributed by atoms with Gasteiger partial charge in [-0.1, -0.05) is 12.1 Å². The molecular weight excluding hydrogens is 399 g/mol. The highest BCUT2D eigenvalue weighted by Crippen LogP contribution is 2.22. The molecule has 1 aromatic rings. The number of guanidine groups is 1. The Morgan fingerprint density at radius 3 is 2.68 bits per heavy atom. The molecular formula is C23H37FN4O3. The van der Waals surface area contributed by atoms with Crippen molar-refractivity contribution >= 4 is 5.96 Å². The minimum Gasteiger partial charge on any atom is -0.385 e. The zero-order valence-corrected chi connectivity index (χ0v) is 18.9. The summed E-state index contributed by atoms with van der Waals surface area (Å²) >= 11 is 0. The number of morpholine rings is 1. The van der Waals surface area contributed by atoms with E-state index in [1.54, 1.807) is 19.2 Å². The SMILES string of the molecule is CN=C(NCC(c1cccc(F)c1)N1CCOCC1)N1CCC(OCCCOC)CC1. The van der Waals surface area contributed by atoms with Crippen LogP contribution in [0.5, 0.6) is 0 Å². The molecule has 2 saturated heterocycles. The van der Waals surface area contributed by atoms with E-state index in [9.17, 15) is 4.39 Å². The van der Waals surface area contributed by atoms with Gasteiger partial charge in [0, 0.05) is 60.1 Å². The van der Waals surface area contributed by atoms with Gasteiger partial charge >= 0.3 is 0 Å². The number of hydrogen-bond donors (Lipinski definition) is 1. The van der Waals surface area contributed by atoms with Crippen molar-refractivity contribution < 1.29 is 18.6 Å². The lowest BCUT2D eigenvalue weighted by Crippen LogP contribution is -2.50. The fourth-order valence-corrected chi connectivity index (χ4v) is 4.27. The second-order valence-corrected chi connectivity index (χ2v) is 8.05. The van der Waals surface area contributed by atoms with Crippen LogP contribution in [-0.4, -0.2) is 95.2 Å². The fraction of sp³-hybridized carbons (Fsp3) is 0.696. The molecule has 0 amide bonds. The summed E-state index contributed by atoms with van der Waals surface area (Å²) < 4.78 is 30.5. The molecule has 7 nitrogen and oxygen atoms in total. The Labute approximate surface area is 185 Å². The summed E-state index contributed by atoms with van der Waals surface area (Å²) in [5, 5.41) is 3.54. The number of methoxy groups -OCH3 is 1. The minimum atomic E-state index is -0.201. The third kappa shape index (κ3) is 7.42. The zero-order valence-electron chi connectivity index (χ0n) is 18.9. The van der Waals surface area contributed by atoms with Gasteiger partial charge in [-0.25, -0.2) is 4.39 Å². The third-order valence-corrected chi connectivity index (χ3v) is 5.97. The lowest BCUT2D eigenvalue weighted by molar-refractivity contribution is 0.00928. The summed E-state index contributed by atoms with van der Waals surface area (Å²) in [4.78, 5) is 9.16. The summed E-state index contributed by atoms with van der Waals surface area (Å²) in [5.74, 6) is 0.695. The predicted molar refractivity (Wildman–Crippen MR) is 120 cm³/mol. The topological polar surface area (TPSA) is 58.6 Å². The number of nitrogens with zero attached hydrogens (tertiary/aromatic N) is 3. The maximum Gasteiger partial charge on any atom is 0.193 e. The molecule has 2 heterocycles. The Morgan fingerprint density at radius 1 is 1.23 bits per heavy atom. The number of ether oxygens (including phenoxy) is 3. The highest BCUT2D eigenvalue weighted by atomic mass is 19.1. The van der Waals surface area contributed by atoms with E-state index in [1.165, 1.54) is 6.07 Å². The van der Waals surface area contributed by atoms with E-state index < -0.39 is 0 Å². The van der Waals surface area contributed by atoms with E-state index in [-0.39, 0.29) is 11.9 Å². The summed E-state index contributed by atoms with van der Waals surface area (Å²) in [7, 11) is 3.54. The van der Waals surface area contributed by atoms with Crippen molar-refractivity contribution in [3.63, 3.8) is 0 Å². The molecule has 0 bridgehead atoms. The molecule has 174 valence electrons. The van der Waals surface area contributed by atoms with Crippen molar-refractivity contribution in [3.05, 3.63) is 35.6 Å². The molecule has 0 saturated carbocycles. The zero-order chi connectivity index (χ0) is 21.9. The smallest absolute Gasteiger partial charge is 0.193 e. The van der Waals surface area contributed by atoms with Crippen LogP contribution in [-0.2, 0) is 14.2 Å². The van der Waals surface area contributed by atoms with Crippen LogP contribution in [0.1, 0.15) is 30.9 Å². The molecule has 2 aliphatic heterocycles. The van der Waals surface area contributed by atoms with Gasteiger partial charge in [-0.15, -0.1) is 0 Å². The molecule has 3 rings (SSSR count). The molecule has 1 aromatic carbocycles. The molecule has 1 unspecified atom stereocenters. The largest absolute Gasteiger partial charge is 0.385 e.